The second-order valence-electron chi connectivity index (χ2n) is 16.9. The SMILES string of the molecule is C=C1CCC(N2Cc3cc(C4CCN(C5CCN(CCOc6ccc([C@@H]7c8ccc(O)cc8CC[C@@H]7c7ccc(F)cc7)cc6)CC5)CC4)ccc3C2=O)C(=O)N1. The number of fused-ring (bicyclic) bond motifs is 2. The third kappa shape index (κ3) is 7.84. The number of nitrogens with zero attached hydrogens (tertiary/aromatic N) is 3. The zero-order chi connectivity index (χ0) is 39.0. The number of amides is 2. The van der Waals surface area contributed by atoms with E-state index < -0.39 is 6.04 Å². The molecule has 9 rings (SSSR count). The van der Waals surface area contributed by atoms with Gasteiger partial charge in [-0.2, -0.15) is 0 Å². The van der Waals surface area contributed by atoms with Gasteiger partial charge in [-0.05, 0) is 165 Å². The smallest absolute Gasteiger partial charge is 0.255 e. The van der Waals surface area contributed by atoms with Crippen LogP contribution in [0.25, 0.3) is 0 Å². The number of hydrogen-bond acceptors (Lipinski definition) is 6. The molecule has 4 aliphatic heterocycles. The van der Waals surface area contributed by atoms with E-state index in [2.05, 4.69) is 58.1 Å². The first kappa shape index (κ1) is 37.6. The molecule has 0 bridgehead atoms. The summed E-state index contributed by atoms with van der Waals surface area (Å²) in [7, 11) is 0. The lowest BCUT2D eigenvalue weighted by molar-refractivity contribution is -0.126. The molecule has 4 aromatic rings. The number of carbonyl (C=O) groups excluding carboxylic acids is 2. The van der Waals surface area contributed by atoms with E-state index in [0.29, 0.717) is 43.7 Å². The third-order valence-electron chi connectivity index (χ3n) is 13.5. The summed E-state index contributed by atoms with van der Waals surface area (Å²) in [6.07, 6.45) is 7.74. The maximum atomic E-state index is 13.8. The Morgan fingerprint density at radius 1 is 0.772 bits per heavy atom. The number of piperidine rings is 3. The minimum Gasteiger partial charge on any atom is -0.508 e. The number of nitrogens with one attached hydrogen (secondary N) is 1. The van der Waals surface area contributed by atoms with Gasteiger partial charge in [-0.15, -0.1) is 0 Å². The Bertz CT molecular complexity index is 2120. The van der Waals surface area contributed by atoms with E-state index >= 15 is 0 Å². The maximum Gasteiger partial charge on any atom is 0.255 e. The molecule has 296 valence electrons. The summed E-state index contributed by atoms with van der Waals surface area (Å²) in [4.78, 5) is 32.8. The molecule has 4 aromatic carbocycles. The van der Waals surface area contributed by atoms with Crippen LogP contribution >= 0.6 is 0 Å². The van der Waals surface area contributed by atoms with Crippen LogP contribution in [0.15, 0.2) is 97.2 Å². The van der Waals surface area contributed by atoms with Crippen LogP contribution in [0, 0.1) is 5.82 Å². The van der Waals surface area contributed by atoms with Gasteiger partial charge in [0.25, 0.3) is 5.91 Å². The highest BCUT2D eigenvalue weighted by atomic mass is 19.1. The molecule has 2 N–H and O–H groups in total. The summed E-state index contributed by atoms with van der Waals surface area (Å²) >= 11 is 0. The molecule has 9 heteroatoms. The Morgan fingerprint density at radius 2 is 1.51 bits per heavy atom. The Hall–Kier alpha value is -4.99. The number of aromatic hydroxyl groups is 1. The van der Waals surface area contributed by atoms with E-state index in [0.717, 1.165) is 86.5 Å². The lowest BCUT2D eigenvalue weighted by Gasteiger charge is -2.42. The lowest BCUT2D eigenvalue weighted by Crippen LogP contribution is -2.49. The molecule has 4 heterocycles. The van der Waals surface area contributed by atoms with Crippen LogP contribution in [-0.2, 0) is 17.8 Å². The van der Waals surface area contributed by atoms with E-state index in [9.17, 15) is 19.1 Å². The maximum absolute atomic E-state index is 13.8. The monoisotopic (exact) mass is 768 g/mol. The molecule has 0 spiro atoms. The lowest BCUT2D eigenvalue weighted by atomic mass is 9.69. The highest BCUT2D eigenvalue weighted by molar-refractivity contribution is 6.01. The number of benzene rings is 4. The van der Waals surface area contributed by atoms with Crippen molar-refractivity contribution in [3.05, 3.63) is 142 Å². The number of hydrogen-bond donors (Lipinski definition) is 2. The fourth-order valence-electron chi connectivity index (χ4n) is 10.4. The topological polar surface area (TPSA) is 85.4 Å². The molecule has 1 aliphatic carbocycles. The highest BCUT2D eigenvalue weighted by Gasteiger charge is 2.39. The van der Waals surface area contributed by atoms with Gasteiger partial charge < -0.3 is 25.0 Å². The standard InChI is InChI=1S/C48H53FN4O4/c1-31-2-17-45(47(55)50-31)53-30-37-28-35(7-15-44(37)48(53)56)32-18-24-52(25-19-32)39-20-22-51(23-21-39)26-27-57-41-12-5-34(6-13-41)46-42(33-3-9-38(49)10-4-33)14-8-36-29-40(54)11-16-43(36)46/h3-7,9-13,15-16,28-29,32,39,42,45-46,54H,1-2,8,14,17-27,30H2,(H,50,55)/t42-,45?,46+/m1/s1. The van der Waals surface area contributed by atoms with Crippen LogP contribution in [-0.4, -0.2) is 83.0 Å². The molecule has 57 heavy (non-hydrogen) atoms. The van der Waals surface area contributed by atoms with Crippen molar-refractivity contribution >= 4 is 11.8 Å². The predicted molar refractivity (Wildman–Crippen MR) is 219 cm³/mol. The number of likely N-dealkylation sites (tertiary alicyclic amines) is 2. The largest absolute Gasteiger partial charge is 0.508 e. The first-order chi connectivity index (χ1) is 27.8. The van der Waals surface area contributed by atoms with Gasteiger partial charge in [0.15, 0.2) is 0 Å². The number of rotatable bonds is 9. The molecule has 0 aromatic heterocycles. The van der Waals surface area contributed by atoms with Crippen molar-refractivity contribution in [1.29, 1.82) is 0 Å². The summed E-state index contributed by atoms with van der Waals surface area (Å²) < 4.78 is 20.1. The number of phenolic OH excluding ortho intramolecular Hbond substituents is 1. The van der Waals surface area contributed by atoms with Gasteiger partial charge >= 0.3 is 0 Å². The van der Waals surface area contributed by atoms with Crippen molar-refractivity contribution in [3.8, 4) is 11.5 Å². The van der Waals surface area contributed by atoms with Crippen molar-refractivity contribution in [2.24, 2.45) is 0 Å². The molecule has 0 radical (unpaired) electrons. The van der Waals surface area contributed by atoms with Gasteiger partial charge in [-0.1, -0.05) is 49.0 Å². The summed E-state index contributed by atoms with van der Waals surface area (Å²) in [5.74, 6) is 1.61. The number of ether oxygens (including phenoxy) is 1. The van der Waals surface area contributed by atoms with Crippen molar-refractivity contribution in [1.82, 2.24) is 20.0 Å². The second-order valence-corrected chi connectivity index (χ2v) is 16.9. The van der Waals surface area contributed by atoms with Crippen molar-refractivity contribution in [3.63, 3.8) is 0 Å². The molecule has 5 aliphatic rings. The zero-order valence-corrected chi connectivity index (χ0v) is 32.7. The van der Waals surface area contributed by atoms with E-state index in [1.807, 2.05) is 30.3 Å². The van der Waals surface area contributed by atoms with Crippen molar-refractivity contribution in [2.75, 3.05) is 39.3 Å². The highest BCUT2D eigenvalue weighted by Crippen LogP contribution is 2.47. The van der Waals surface area contributed by atoms with Crippen LogP contribution in [0.3, 0.4) is 0 Å². The third-order valence-corrected chi connectivity index (χ3v) is 13.5. The number of allylic oxidation sites excluding steroid dienone is 1. The van der Waals surface area contributed by atoms with Crippen LogP contribution < -0.4 is 10.1 Å². The molecular weight excluding hydrogens is 716 g/mol. The van der Waals surface area contributed by atoms with Crippen molar-refractivity contribution in [2.45, 2.75) is 87.7 Å². The van der Waals surface area contributed by atoms with Crippen LogP contribution in [0.5, 0.6) is 11.5 Å². The number of carbonyl (C=O) groups is 2. The number of phenols is 1. The molecule has 3 fully saturated rings. The quantitative estimate of drug-likeness (QED) is 0.181. The molecule has 2 amide bonds. The molecule has 8 nitrogen and oxygen atoms in total. The average Bonchev–Trinajstić information content (AvgIpc) is 3.56. The second kappa shape index (κ2) is 16.1. The molecular formula is C48H53FN4O4. The molecule has 1 unspecified atom stereocenters. The van der Waals surface area contributed by atoms with E-state index in [1.54, 1.807) is 23.1 Å². The fourth-order valence-corrected chi connectivity index (χ4v) is 10.4. The average molecular weight is 769 g/mol. The number of halogens is 1. The minimum absolute atomic E-state index is 0.0329. The van der Waals surface area contributed by atoms with Gasteiger partial charge in [0.2, 0.25) is 5.91 Å². The summed E-state index contributed by atoms with van der Waals surface area (Å²) in [5, 5.41) is 13.0. The van der Waals surface area contributed by atoms with E-state index in [1.165, 1.54) is 35.1 Å². The van der Waals surface area contributed by atoms with E-state index in [-0.39, 0.29) is 29.5 Å². The zero-order valence-electron chi connectivity index (χ0n) is 32.7. The fraction of sp³-hybridized carbons (Fsp3) is 0.417. The minimum atomic E-state index is -0.423. The van der Waals surface area contributed by atoms with Crippen LogP contribution in [0.4, 0.5) is 4.39 Å². The first-order valence-corrected chi connectivity index (χ1v) is 21.0. The Balaban J connectivity index is 0.737. The number of aryl methyl sites for hydroxylation is 1. The molecule has 3 atom stereocenters. The Kier molecular flexibility index (Phi) is 10.6. The summed E-state index contributed by atoms with van der Waals surface area (Å²) in [5.41, 5.74) is 8.58. The summed E-state index contributed by atoms with van der Waals surface area (Å²) in [6, 6.07) is 27.7. The van der Waals surface area contributed by atoms with Gasteiger partial charge in [-0.3, -0.25) is 14.5 Å². The van der Waals surface area contributed by atoms with Crippen LogP contribution in [0.1, 0.15) is 106 Å². The van der Waals surface area contributed by atoms with Crippen LogP contribution in [0.2, 0.25) is 0 Å². The van der Waals surface area contributed by atoms with E-state index in [4.69, 9.17) is 4.74 Å². The normalized spacial score (nSPS) is 23.6. The van der Waals surface area contributed by atoms with Gasteiger partial charge in [0.1, 0.15) is 30.0 Å². The first-order valence-electron chi connectivity index (χ1n) is 21.0. The molecule has 3 saturated heterocycles. The predicted octanol–water partition coefficient (Wildman–Crippen LogP) is 7.86. The Morgan fingerprint density at radius 3 is 2.26 bits per heavy atom. The van der Waals surface area contributed by atoms with Gasteiger partial charge in [-0.25, -0.2) is 4.39 Å². The summed E-state index contributed by atoms with van der Waals surface area (Å²) in [6.45, 7) is 10.3. The van der Waals surface area contributed by atoms with Crippen molar-refractivity contribution < 1.29 is 23.8 Å². The Labute approximate surface area is 335 Å². The van der Waals surface area contributed by atoms with Gasteiger partial charge in [0, 0.05) is 36.3 Å². The van der Waals surface area contributed by atoms with Gasteiger partial charge in [0.05, 0.1) is 0 Å². The molecule has 0 saturated carbocycles.